The van der Waals surface area contributed by atoms with Crippen molar-refractivity contribution >= 4 is 31.1 Å². The van der Waals surface area contributed by atoms with Gasteiger partial charge in [-0.1, -0.05) is 53.6 Å². The molecule has 1 aliphatic heterocycles. The van der Waals surface area contributed by atoms with Crippen LogP contribution in [0, 0.1) is 13.8 Å². The molecule has 1 saturated heterocycles. The van der Waals surface area contributed by atoms with E-state index in [1.54, 1.807) is 44.3 Å². The number of aromatic nitrogens is 1. The average molecular weight is 588 g/mol. The molecule has 0 unspecified atom stereocenters. The molecule has 212 valence electrons. The number of para-hydroxylation sites is 1. The quantitative estimate of drug-likeness (QED) is 0.264. The Labute approximate surface area is 232 Å². The summed E-state index contributed by atoms with van der Waals surface area (Å²) in [6.45, 7) is 2.98. The van der Waals surface area contributed by atoms with Gasteiger partial charge in [-0.05, 0) is 49.7 Å². The predicted octanol–water partition coefficient (Wildman–Crippen LogP) is 2.96. The van der Waals surface area contributed by atoms with Gasteiger partial charge in [0.15, 0.2) is 5.79 Å². The summed E-state index contributed by atoms with van der Waals surface area (Å²) < 4.78 is 69.0. The molecule has 0 saturated carbocycles. The first-order valence-corrected chi connectivity index (χ1v) is 15.3. The zero-order chi connectivity index (χ0) is 28.7. The summed E-state index contributed by atoms with van der Waals surface area (Å²) in [6, 6.07) is 18.9. The highest BCUT2D eigenvalue weighted by atomic mass is 32.2. The highest BCUT2D eigenvalue weighted by Crippen LogP contribution is 2.35. The Kier molecular flexibility index (Phi) is 7.61. The summed E-state index contributed by atoms with van der Waals surface area (Å²) in [5, 5.41) is 23.5. The van der Waals surface area contributed by atoms with E-state index in [9.17, 15) is 27.0 Å². The van der Waals surface area contributed by atoms with E-state index in [4.69, 9.17) is 13.1 Å². The second-order valence-corrected chi connectivity index (χ2v) is 13.0. The van der Waals surface area contributed by atoms with Crippen LogP contribution in [0.4, 0.5) is 0 Å². The van der Waals surface area contributed by atoms with Crippen LogP contribution in [0.3, 0.4) is 0 Å². The van der Waals surface area contributed by atoms with Crippen LogP contribution in [-0.4, -0.2) is 62.7 Å². The zero-order valence-corrected chi connectivity index (χ0v) is 23.4. The standard InChI is InChI=1S/C28H29NO9S2/c1-18-7-11-21(12-8-18)39(32,33)37-25-17-36-28(31,15-20-16-29-24-6-4-3-5-23(20)24)27(30)26(25)38-40(34,35)22-13-9-19(2)10-14-22/h3-14,16,25-27,29-31H,15,17H2,1-2H3/t25-,26+,27+,28+/m0/s1. The number of hydrogen-bond acceptors (Lipinski definition) is 9. The van der Waals surface area contributed by atoms with Crippen molar-refractivity contribution in [1.29, 1.82) is 0 Å². The molecule has 0 amide bonds. The van der Waals surface area contributed by atoms with Crippen molar-refractivity contribution in [1.82, 2.24) is 4.98 Å². The molecule has 1 fully saturated rings. The number of aromatic amines is 1. The summed E-state index contributed by atoms with van der Waals surface area (Å²) in [6.07, 6.45) is -4.07. The number of ether oxygens (including phenoxy) is 1. The summed E-state index contributed by atoms with van der Waals surface area (Å²) in [5.74, 6) is -2.33. The largest absolute Gasteiger partial charge is 0.385 e. The minimum Gasteiger partial charge on any atom is -0.385 e. The summed E-state index contributed by atoms with van der Waals surface area (Å²) in [5.41, 5.74) is 3.00. The van der Waals surface area contributed by atoms with E-state index in [0.717, 1.165) is 22.0 Å². The van der Waals surface area contributed by atoms with Crippen molar-refractivity contribution in [3.8, 4) is 0 Å². The molecule has 1 aromatic heterocycles. The van der Waals surface area contributed by atoms with E-state index in [2.05, 4.69) is 4.98 Å². The molecule has 12 heteroatoms. The lowest BCUT2D eigenvalue weighted by molar-refractivity contribution is -0.312. The minimum atomic E-state index is -4.52. The second-order valence-electron chi connectivity index (χ2n) is 9.87. The summed E-state index contributed by atoms with van der Waals surface area (Å²) >= 11 is 0. The lowest BCUT2D eigenvalue weighted by Crippen LogP contribution is -2.63. The number of fused-ring (bicyclic) bond motifs is 1. The topological polar surface area (TPSA) is 152 Å². The van der Waals surface area contributed by atoms with Crippen molar-refractivity contribution in [2.45, 2.75) is 54.2 Å². The molecule has 1 aliphatic rings. The van der Waals surface area contributed by atoms with Gasteiger partial charge in [0, 0.05) is 23.5 Å². The molecule has 0 spiro atoms. The molecular formula is C28H29NO9S2. The van der Waals surface area contributed by atoms with E-state index in [1.165, 1.54) is 24.3 Å². The highest BCUT2D eigenvalue weighted by molar-refractivity contribution is 7.87. The van der Waals surface area contributed by atoms with Gasteiger partial charge in [-0.25, -0.2) is 0 Å². The fraction of sp³-hybridized carbons (Fsp3) is 0.286. The number of nitrogens with one attached hydrogen (secondary N) is 1. The van der Waals surface area contributed by atoms with Gasteiger partial charge in [-0.15, -0.1) is 0 Å². The zero-order valence-electron chi connectivity index (χ0n) is 21.7. The highest BCUT2D eigenvalue weighted by Gasteiger charge is 2.53. The number of hydrogen-bond donors (Lipinski definition) is 3. The van der Waals surface area contributed by atoms with Crippen LogP contribution in [0.15, 0.2) is 88.8 Å². The smallest absolute Gasteiger partial charge is 0.297 e. The molecule has 3 aromatic carbocycles. The predicted molar refractivity (Wildman–Crippen MR) is 145 cm³/mol. The third-order valence-electron chi connectivity index (χ3n) is 6.86. The fourth-order valence-corrected chi connectivity index (χ4v) is 6.77. The molecular weight excluding hydrogens is 558 g/mol. The van der Waals surface area contributed by atoms with Gasteiger partial charge >= 0.3 is 0 Å². The van der Waals surface area contributed by atoms with E-state index >= 15 is 0 Å². The van der Waals surface area contributed by atoms with Gasteiger partial charge in [0.1, 0.15) is 18.3 Å². The molecule has 4 atom stereocenters. The van der Waals surface area contributed by atoms with Gasteiger partial charge in [0.25, 0.3) is 20.2 Å². The molecule has 0 bridgehead atoms. The van der Waals surface area contributed by atoms with Gasteiger partial charge < -0.3 is 19.9 Å². The van der Waals surface area contributed by atoms with E-state index < -0.39 is 50.9 Å². The number of H-pyrrole nitrogens is 1. The molecule has 40 heavy (non-hydrogen) atoms. The van der Waals surface area contributed by atoms with Crippen LogP contribution in [-0.2, 0) is 39.8 Å². The molecule has 2 heterocycles. The van der Waals surface area contributed by atoms with Crippen LogP contribution in [0.2, 0.25) is 0 Å². The second kappa shape index (κ2) is 10.7. The average Bonchev–Trinajstić information content (AvgIpc) is 3.31. The Morgan fingerprint density at radius 1 is 0.875 bits per heavy atom. The fourth-order valence-electron chi connectivity index (χ4n) is 4.60. The van der Waals surface area contributed by atoms with Crippen molar-refractivity contribution in [3.63, 3.8) is 0 Å². The SMILES string of the molecule is Cc1ccc(S(=O)(=O)O[C@@H]2[C@@H](OS(=O)(=O)c3ccc(C)cc3)CO[C@](O)(Cc3c[nH]c4ccccc34)[C@@H]2O)cc1. The lowest BCUT2D eigenvalue weighted by atomic mass is 9.91. The Hall–Kier alpha value is -3.10. The Morgan fingerprint density at radius 3 is 2.02 bits per heavy atom. The van der Waals surface area contributed by atoms with Crippen molar-refractivity contribution < 1.29 is 40.2 Å². The van der Waals surface area contributed by atoms with Gasteiger partial charge in [-0.3, -0.25) is 8.37 Å². The molecule has 10 nitrogen and oxygen atoms in total. The number of aryl methyl sites for hydroxylation is 2. The minimum absolute atomic E-state index is 0.174. The Bertz CT molecular complexity index is 1720. The third-order valence-corrected chi connectivity index (χ3v) is 9.54. The maximum absolute atomic E-state index is 13.2. The first-order valence-electron chi connectivity index (χ1n) is 12.5. The van der Waals surface area contributed by atoms with Gasteiger partial charge in [-0.2, -0.15) is 16.8 Å². The van der Waals surface area contributed by atoms with Crippen molar-refractivity contribution in [2.24, 2.45) is 0 Å². The number of aliphatic hydroxyl groups is 2. The van der Waals surface area contributed by atoms with E-state index in [1.807, 2.05) is 24.3 Å². The molecule has 0 aliphatic carbocycles. The molecule has 3 N–H and O–H groups in total. The van der Waals surface area contributed by atoms with Crippen LogP contribution < -0.4 is 0 Å². The first kappa shape index (κ1) is 28.4. The number of benzene rings is 3. The lowest BCUT2D eigenvalue weighted by Gasteiger charge is -2.44. The molecule has 0 radical (unpaired) electrons. The normalized spacial score (nSPS) is 23.9. The summed E-state index contributed by atoms with van der Waals surface area (Å²) in [7, 11) is -8.95. The van der Waals surface area contributed by atoms with Crippen LogP contribution >= 0.6 is 0 Å². The number of rotatable bonds is 8. The summed E-state index contributed by atoms with van der Waals surface area (Å²) in [4.78, 5) is 2.68. The van der Waals surface area contributed by atoms with Crippen LogP contribution in [0.1, 0.15) is 16.7 Å². The molecule has 5 rings (SSSR count). The monoisotopic (exact) mass is 587 g/mol. The Morgan fingerprint density at radius 2 is 1.43 bits per heavy atom. The first-order chi connectivity index (χ1) is 18.9. The van der Waals surface area contributed by atoms with Crippen LogP contribution in [0.25, 0.3) is 10.9 Å². The van der Waals surface area contributed by atoms with Crippen molar-refractivity contribution in [3.05, 3.63) is 95.7 Å². The molecule has 4 aromatic rings. The van der Waals surface area contributed by atoms with Crippen LogP contribution in [0.5, 0.6) is 0 Å². The number of aliphatic hydroxyl groups excluding tert-OH is 1. The Balaban J connectivity index is 1.48. The van der Waals surface area contributed by atoms with Gasteiger partial charge in [0.05, 0.1) is 16.4 Å². The van der Waals surface area contributed by atoms with Crippen molar-refractivity contribution in [2.75, 3.05) is 6.61 Å². The maximum atomic E-state index is 13.2. The third kappa shape index (κ3) is 5.70. The maximum Gasteiger partial charge on any atom is 0.297 e. The van der Waals surface area contributed by atoms with E-state index in [-0.39, 0.29) is 16.2 Å². The van der Waals surface area contributed by atoms with E-state index in [0.29, 0.717) is 5.56 Å². The van der Waals surface area contributed by atoms with Gasteiger partial charge in [0.2, 0.25) is 0 Å².